The molecule has 3 aromatic rings. The monoisotopic (exact) mass is 387 g/mol. The first-order chi connectivity index (χ1) is 14.4. The first-order valence-corrected chi connectivity index (χ1v) is 10.8. The van der Waals surface area contributed by atoms with Crippen LogP contribution in [0.4, 0.5) is 0 Å². The van der Waals surface area contributed by atoms with Crippen molar-refractivity contribution in [3.05, 3.63) is 66.2 Å². The lowest BCUT2D eigenvalue weighted by Crippen LogP contribution is -2.48. The molecule has 0 radical (unpaired) electrons. The highest BCUT2D eigenvalue weighted by Crippen LogP contribution is 2.28. The average molecular weight is 388 g/mol. The van der Waals surface area contributed by atoms with Gasteiger partial charge in [-0.3, -0.25) is 9.80 Å². The summed E-state index contributed by atoms with van der Waals surface area (Å²) in [5.74, 6) is 0. The fourth-order valence-electron chi connectivity index (χ4n) is 4.75. The van der Waals surface area contributed by atoms with Gasteiger partial charge < -0.3 is 4.74 Å². The van der Waals surface area contributed by atoms with Crippen LogP contribution in [0, 0.1) is 0 Å². The topological polar surface area (TPSA) is 28.6 Å². The zero-order valence-corrected chi connectivity index (χ0v) is 17.0. The Morgan fingerprint density at radius 3 is 2.38 bits per heavy atom. The van der Waals surface area contributed by atoms with Crippen molar-refractivity contribution in [2.75, 3.05) is 39.4 Å². The van der Waals surface area contributed by atoms with Gasteiger partial charge in [0.25, 0.3) is 0 Å². The molecule has 2 saturated heterocycles. The summed E-state index contributed by atoms with van der Waals surface area (Å²) in [7, 11) is 0. The molecule has 2 fully saturated rings. The Labute approximate surface area is 173 Å². The summed E-state index contributed by atoms with van der Waals surface area (Å²) in [5, 5.41) is 1.23. The quantitative estimate of drug-likeness (QED) is 0.671. The van der Waals surface area contributed by atoms with Gasteiger partial charge in [-0.1, -0.05) is 48.5 Å². The van der Waals surface area contributed by atoms with Crippen molar-refractivity contribution in [3.8, 4) is 11.3 Å². The van der Waals surface area contributed by atoms with Crippen LogP contribution in [0.25, 0.3) is 22.2 Å². The highest BCUT2D eigenvalue weighted by molar-refractivity contribution is 5.83. The van der Waals surface area contributed by atoms with E-state index in [-0.39, 0.29) is 0 Å². The molecular weight excluding hydrogens is 358 g/mol. The molecule has 0 unspecified atom stereocenters. The van der Waals surface area contributed by atoms with Crippen LogP contribution in [0.3, 0.4) is 0 Å². The summed E-state index contributed by atoms with van der Waals surface area (Å²) >= 11 is 0. The summed E-state index contributed by atoms with van der Waals surface area (Å²) in [6.07, 6.45) is 2.50. The van der Waals surface area contributed by atoms with Gasteiger partial charge in [-0.05, 0) is 43.6 Å². The van der Waals surface area contributed by atoms with Crippen LogP contribution < -0.4 is 0 Å². The zero-order valence-electron chi connectivity index (χ0n) is 17.0. The van der Waals surface area contributed by atoms with E-state index in [1.165, 1.54) is 29.4 Å². The molecule has 0 aliphatic carbocycles. The molecule has 0 bridgehead atoms. The van der Waals surface area contributed by atoms with Gasteiger partial charge in [-0.25, -0.2) is 4.98 Å². The molecule has 2 aliphatic rings. The molecule has 5 rings (SSSR count). The van der Waals surface area contributed by atoms with Gasteiger partial charge in [-0.2, -0.15) is 0 Å². The molecule has 4 heteroatoms. The molecule has 2 aromatic carbocycles. The number of likely N-dealkylation sites (tertiary alicyclic amines) is 1. The van der Waals surface area contributed by atoms with Crippen LogP contribution in [0.1, 0.15) is 18.4 Å². The smallest absolute Gasteiger partial charge is 0.0754 e. The van der Waals surface area contributed by atoms with Crippen molar-refractivity contribution in [2.45, 2.75) is 25.4 Å². The van der Waals surface area contributed by atoms with E-state index in [1.807, 2.05) is 0 Å². The van der Waals surface area contributed by atoms with Crippen molar-refractivity contribution in [2.24, 2.45) is 0 Å². The maximum absolute atomic E-state index is 5.52. The van der Waals surface area contributed by atoms with E-state index < -0.39 is 0 Å². The summed E-state index contributed by atoms with van der Waals surface area (Å²) in [6.45, 7) is 7.26. The van der Waals surface area contributed by atoms with Crippen LogP contribution in [-0.2, 0) is 11.3 Å². The molecule has 150 valence electrons. The number of pyridine rings is 1. The van der Waals surface area contributed by atoms with Gasteiger partial charge >= 0.3 is 0 Å². The van der Waals surface area contributed by atoms with E-state index in [4.69, 9.17) is 9.72 Å². The minimum atomic E-state index is 0.721. The Kier molecular flexibility index (Phi) is 5.57. The molecule has 29 heavy (non-hydrogen) atoms. The van der Waals surface area contributed by atoms with Crippen LogP contribution in [0.5, 0.6) is 0 Å². The van der Waals surface area contributed by atoms with Gasteiger partial charge in [0.1, 0.15) is 0 Å². The largest absolute Gasteiger partial charge is 0.379 e. The minimum absolute atomic E-state index is 0.721. The molecule has 0 spiro atoms. The highest BCUT2D eigenvalue weighted by atomic mass is 16.5. The summed E-state index contributed by atoms with van der Waals surface area (Å²) in [5.41, 5.74) is 4.73. The first kappa shape index (κ1) is 18.7. The molecule has 3 heterocycles. The van der Waals surface area contributed by atoms with Crippen LogP contribution in [0.2, 0.25) is 0 Å². The predicted octanol–water partition coefficient (Wildman–Crippen LogP) is 4.20. The highest BCUT2D eigenvalue weighted by Gasteiger charge is 2.26. The summed E-state index contributed by atoms with van der Waals surface area (Å²) < 4.78 is 5.52. The lowest BCUT2D eigenvalue weighted by molar-refractivity contribution is 0.000239. The summed E-state index contributed by atoms with van der Waals surface area (Å²) in [6, 6.07) is 22.1. The minimum Gasteiger partial charge on any atom is -0.379 e. The second kappa shape index (κ2) is 8.62. The third-order valence-electron chi connectivity index (χ3n) is 6.36. The van der Waals surface area contributed by atoms with Gasteiger partial charge in [0.2, 0.25) is 0 Å². The van der Waals surface area contributed by atoms with E-state index in [0.717, 1.165) is 63.2 Å². The molecular formula is C25H29N3O. The van der Waals surface area contributed by atoms with E-state index in [0.29, 0.717) is 0 Å². The number of ether oxygens (including phenoxy) is 1. The fourth-order valence-corrected chi connectivity index (χ4v) is 4.75. The lowest BCUT2D eigenvalue weighted by atomic mass is 9.99. The molecule has 0 atom stereocenters. The number of benzene rings is 2. The molecule has 4 nitrogen and oxygen atoms in total. The number of hydrogen-bond acceptors (Lipinski definition) is 4. The Morgan fingerprint density at radius 2 is 1.59 bits per heavy atom. The number of fused-ring (bicyclic) bond motifs is 1. The van der Waals surface area contributed by atoms with Crippen molar-refractivity contribution in [1.82, 2.24) is 14.8 Å². The predicted molar refractivity (Wildman–Crippen MR) is 118 cm³/mol. The number of para-hydroxylation sites is 1. The van der Waals surface area contributed by atoms with Gasteiger partial charge in [0.05, 0.1) is 24.4 Å². The number of aromatic nitrogens is 1. The van der Waals surface area contributed by atoms with Crippen molar-refractivity contribution in [1.29, 1.82) is 0 Å². The maximum atomic E-state index is 5.52. The second-order valence-corrected chi connectivity index (χ2v) is 8.21. The van der Waals surface area contributed by atoms with Crippen molar-refractivity contribution >= 4 is 10.9 Å². The molecule has 0 saturated carbocycles. The van der Waals surface area contributed by atoms with Crippen LogP contribution >= 0.6 is 0 Å². The Balaban J connectivity index is 1.36. The second-order valence-electron chi connectivity index (χ2n) is 8.21. The van der Waals surface area contributed by atoms with E-state index >= 15 is 0 Å². The van der Waals surface area contributed by atoms with Gasteiger partial charge in [0.15, 0.2) is 0 Å². The van der Waals surface area contributed by atoms with E-state index in [9.17, 15) is 0 Å². The zero-order chi connectivity index (χ0) is 19.5. The standard InChI is InChI=1S/C25H29N3O/c1-2-6-20(7-3-1)25-22(18-21-8-4-5-9-24(21)26-25)19-27-12-10-23(11-13-27)28-14-16-29-17-15-28/h1-9,18,23H,10-17,19H2. The maximum Gasteiger partial charge on any atom is 0.0754 e. The molecule has 0 N–H and O–H groups in total. The third-order valence-corrected chi connectivity index (χ3v) is 6.36. The fraction of sp³-hybridized carbons (Fsp3) is 0.400. The Bertz CT molecular complexity index is 945. The van der Waals surface area contributed by atoms with Crippen LogP contribution in [0.15, 0.2) is 60.7 Å². The van der Waals surface area contributed by atoms with E-state index in [2.05, 4.69) is 70.5 Å². The third kappa shape index (κ3) is 4.20. The van der Waals surface area contributed by atoms with Crippen molar-refractivity contribution in [3.63, 3.8) is 0 Å². The van der Waals surface area contributed by atoms with Gasteiger partial charge in [0, 0.05) is 36.6 Å². The average Bonchev–Trinajstić information content (AvgIpc) is 2.80. The molecule has 2 aliphatic heterocycles. The number of nitrogens with zero attached hydrogens (tertiary/aromatic N) is 3. The SMILES string of the molecule is c1ccc(-c2nc3ccccc3cc2CN2CCC(N3CCOCC3)CC2)cc1. The number of rotatable bonds is 4. The molecule has 0 amide bonds. The first-order valence-electron chi connectivity index (χ1n) is 10.8. The van der Waals surface area contributed by atoms with Gasteiger partial charge in [-0.15, -0.1) is 0 Å². The Hall–Kier alpha value is -2.27. The number of morpholine rings is 1. The molecule has 1 aromatic heterocycles. The lowest BCUT2D eigenvalue weighted by Gasteiger charge is -2.40. The summed E-state index contributed by atoms with van der Waals surface area (Å²) in [4.78, 5) is 10.3. The number of piperidine rings is 1. The van der Waals surface area contributed by atoms with E-state index in [1.54, 1.807) is 0 Å². The Morgan fingerprint density at radius 1 is 0.862 bits per heavy atom. The van der Waals surface area contributed by atoms with Crippen molar-refractivity contribution < 1.29 is 4.74 Å². The van der Waals surface area contributed by atoms with Crippen LogP contribution in [-0.4, -0.2) is 60.2 Å². The normalized spacial score (nSPS) is 19.6. The number of hydrogen-bond donors (Lipinski definition) is 0.